The van der Waals surface area contributed by atoms with Gasteiger partial charge < -0.3 is 9.84 Å². The summed E-state index contributed by atoms with van der Waals surface area (Å²) >= 11 is 0. The van der Waals surface area contributed by atoms with Gasteiger partial charge in [0, 0.05) is 17.7 Å². The Hall–Kier alpha value is -2.27. The zero-order chi connectivity index (χ0) is 19.0. The molecule has 0 saturated carbocycles. The number of alkyl halides is 5. The van der Waals surface area contributed by atoms with Crippen LogP contribution in [0.3, 0.4) is 0 Å². The van der Waals surface area contributed by atoms with Crippen molar-refractivity contribution in [3.8, 4) is 5.75 Å². The highest BCUT2D eigenvalue weighted by Crippen LogP contribution is 2.43. The van der Waals surface area contributed by atoms with Crippen LogP contribution in [0.5, 0.6) is 5.75 Å². The summed E-state index contributed by atoms with van der Waals surface area (Å²) in [5, 5.41) is 13.5. The highest BCUT2D eigenvalue weighted by atomic mass is 19.4. The van der Waals surface area contributed by atoms with Gasteiger partial charge in [-0.05, 0) is 25.1 Å². The molecule has 2 rings (SSSR count). The Labute approximate surface area is 138 Å². The number of rotatable bonds is 4. The predicted molar refractivity (Wildman–Crippen MR) is 73.9 cm³/mol. The van der Waals surface area contributed by atoms with Crippen LogP contribution in [0, 0.1) is 0 Å². The number of benzene rings is 1. The molecule has 0 unspecified atom stereocenters. The predicted octanol–water partition coefficient (Wildman–Crippen LogP) is 2.73. The number of carbonyl (C=O) groups excluding carboxylic acids is 1. The van der Waals surface area contributed by atoms with Crippen LogP contribution in [-0.4, -0.2) is 47.0 Å². The number of hydrogen-bond acceptors (Lipinski definition) is 5. The van der Waals surface area contributed by atoms with Crippen molar-refractivity contribution in [3.05, 3.63) is 29.8 Å². The molecular formula is C14H13F5N2O4. The average molecular weight is 368 g/mol. The summed E-state index contributed by atoms with van der Waals surface area (Å²) in [6.45, 7) is 1.17. The fourth-order valence-electron chi connectivity index (χ4n) is 2.27. The molecule has 0 radical (unpaired) electrons. The molecule has 1 heterocycles. The molecule has 0 fully saturated rings. The molecule has 1 aliphatic rings. The SMILES string of the molecule is COc1cccc(C(=O)N2N=C(C)C[C@]2(O)C(F)(F)OC(F)(F)F)c1. The van der Waals surface area contributed by atoms with E-state index in [1.165, 1.54) is 32.2 Å². The van der Waals surface area contributed by atoms with Gasteiger partial charge in [-0.2, -0.15) is 18.9 Å². The van der Waals surface area contributed by atoms with E-state index in [0.717, 1.165) is 6.07 Å². The summed E-state index contributed by atoms with van der Waals surface area (Å²) in [5.74, 6) is -1.05. The lowest BCUT2D eigenvalue weighted by Gasteiger charge is -2.36. The number of carbonyl (C=O) groups is 1. The minimum Gasteiger partial charge on any atom is -0.497 e. The molecular weight excluding hydrogens is 355 g/mol. The van der Waals surface area contributed by atoms with Crippen molar-refractivity contribution in [2.75, 3.05) is 7.11 Å². The van der Waals surface area contributed by atoms with Gasteiger partial charge in [0.15, 0.2) is 0 Å². The second-order valence-corrected chi connectivity index (χ2v) is 5.24. The van der Waals surface area contributed by atoms with Gasteiger partial charge in [0.05, 0.1) is 7.11 Å². The third-order valence-electron chi connectivity index (χ3n) is 3.34. The molecule has 1 aromatic rings. The van der Waals surface area contributed by atoms with Crippen LogP contribution in [-0.2, 0) is 4.74 Å². The fraction of sp³-hybridized carbons (Fsp3) is 0.429. The first kappa shape index (κ1) is 19.1. The zero-order valence-electron chi connectivity index (χ0n) is 13.0. The molecule has 138 valence electrons. The van der Waals surface area contributed by atoms with E-state index in [9.17, 15) is 31.9 Å². The van der Waals surface area contributed by atoms with Crippen molar-refractivity contribution in [1.29, 1.82) is 0 Å². The third kappa shape index (κ3) is 3.71. The standard InChI is InChI=1S/C14H13F5N2O4/c1-8-7-12(23,13(15,16)25-14(17,18)19)21(20-8)11(22)9-4-3-5-10(6-9)24-2/h3-6,23H,7H2,1-2H3/t12-/m0/s1. The molecule has 1 aromatic carbocycles. The van der Waals surface area contributed by atoms with E-state index in [1.807, 2.05) is 0 Å². The van der Waals surface area contributed by atoms with Gasteiger partial charge >= 0.3 is 12.5 Å². The van der Waals surface area contributed by atoms with Gasteiger partial charge in [0.25, 0.3) is 11.6 Å². The Morgan fingerprint density at radius 3 is 2.52 bits per heavy atom. The highest BCUT2D eigenvalue weighted by Gasteiger charge is 2.66. The highest BCUT2D eigenvalue weighted by molar-refractivity contribution is 5.98. The van der Waals surface area contributed by atoms with Crippen molar-refractivity contribution in [3.63, 3.8) is 0 Å². The van der Waals surface area contributed by atoms with Crippen LogP contribution < -0.4 is 4.74 Å². The first-order valence-corrected chi connectivity index (χ1v) is 6.79. The Kier molecular flexibility index (Phi) is 4.75. The molecule has 0 aromatic heterocycles. The van der Waals surface area contributed by atoms with Crippen LogP contribution in [0.25, 0.3) is 0 Å². The summed E-state index contributed by atoms with van der Waals surface area (Å²) in [4.78, 5) is 12.4. The minimum absolute atomic E-state index is 0.108. The fourth-order valence-corrected chi connectivity index (χ4v) is 2.27. The molecule has 0 bridgehead atoms. The number of hydrazone groups is 1. The lowest BCUT2D eigenvalue weighted by Crippen LogP contribution is -2.61. The Morgan fingerprint density at radius 2 is 1.96 bits per heavy atom. The van der Waals surface area contributed by atoms with Gasteiger partial charge in [0.1, 0.15) is 5.75 Å². The van der Waals surface area contributed by atoms with Gasteiger partial charge in [-0.3, -0.25) is 4.79 Å². The molecule has 11 heteroatoms. The van der Waals surface area contributed by atoms with Crippen molar-refractivity contribution in [2.24, 2.45) is 5.10 Å². The normalized spacial score (nSPS) is 21.3. The lowest BCUT2D eigenvalue weighted by molar-refractivity contribution is -0.468. The Bertz CT molecular complexity index is 707. The van der Waals surface area contributed by atoms with E-state index in [0.29, 0.717) is 0 Å². The number of ether oxygens (including phenoxy) is 2. The second-order valence-electron chi connectivity index (χ2n) is 5.24. The van der Waals surface area contributed by atoms with E-state index in [-0.39, 0.29) is 22.0 Å². The summed E-state index contributed by atoms with van der Waals surface area (Å²) in [6, 6.07) is 5.19. The number of methoxy groups -OCH3 is 1. The topological polar surface area (TPSA) is 71.4 Å². The number of nitrogens with zero attached hydrogens (tertiary/aromatic N) is 2. The largest absolute Gasteiger partial charge is 0.527 e. The maximum atomic E-state index is 14.0. The molecule has 25 heavy (non-hydrogen) atoms. The van der Waals surface area contributed by atoms with E-state index in [1.54, 1.807) is 0 Å². The third-order valence-corrected chi connectivity index (χ3v) is 3.34. The van der Waals surface area contributed by atoms with E-state index in [2.05, 4.69) is 9.84 Å². The molecule has 6 nitrogen and oxygen atoms in total. The van der Waals surface area contributed by atoms with Crippen LogP contribution in [0.1, 0.15) is 23.7 Å². The van der Waals surface area contributed by atoms with Crippen LogP contribution in [0.4, 0.5) is 22.0 Å². The smallest absolute Gasteiger partial charge is 0.497 e. The molecule has 1 atom stereocenters. The van der Waals surface area contributed by atoms with Gasteiger partial charge in [-0.1, -0.05) is 6.07 Å². The minimum atomic E-state index is -5.74. The lowest BCUT2D eigenvalue weighted by atomic mass is 10.1. The number of aliphatic hydroxyl groups is 1. The van der Waals surface area contributed by atoms with Crippen molar-refractivity contribution in [2.45, 2.75) is 31.5 Å². The molecule has 0 saturated heterocycles. The van der Waals surface area contributed by atoms with E-state index >= 15 is 0 Å². The maximum absolute atomic E-state index is 14.0. The summed E-state index contributed by atoms with van der Waals surface area (Å²) in [5.41, 5.74) is -4.03. The molecule has 0 spiro atoms. The zero-order valence-corrected chi connectivity index (χ0v) is 13.0. The van der Waals surface area contributed by atoms with E-state index < -0.39 is 30.5 Å². The Morgan fingerprint density at radius 1 is 1.32 bits per heavy atom. The number of hydrogen-bond donors (Lipinski definition) is 1. The first-order chi connectivity index (χ1) is 11.4. The van der Waals surface area contributed by atoms with E-state index in [4.69, 9.17) is 4.74 Å². The monoisotopic (exact) mass is 368 g/mol. The number of halogens is 5. The molecule has 1 aliphatic heterocycles. The average Bonchev–Trinajstić information content (AvgIpc) is 2.81. The first-order valence-electron chi connectivity index (χ1n) is 6.79. The van der Waals surface area contributed by atoms with Gasteiger partial charge in [-0.15, -0.1) is 13.2 Å². The second kappa shape index (κ2) is 6.23. The molecule has 1 N–H and O–H groups in total. The van der Waals surface area contributed by atoms with Crippen LogP contribution in [0.2, 0.25) is 0 Å². The van der Waals surface area contributed by atoms with Gasteiger partial charge in [-0.25, -0.2) is 4.74 Å². The van der Waals surface area contributed by atoms with Crippen LogP contribution >= 0.6 is 0 Å². The maximum Gasteiger partial charge on any atom is 0.527 e. The Balaban J connectivity index is 2.41. The number of amides is 1. The van der Waals surface area contributed by atoms with Crippen molar-refractivity contribution < 1.29 is 41.3 Å². The van der Waals surface area contributed by atoms with Crippen molar-refractivity contribution >= 4 is 11.6 Å². The summed E-state index contributed by atoms with van der Waals surface area (Å²) in [6.07, 6.45) is -11.9. The van der Waals surface area contributed by atoms with Crippen molar-refractivity contribution in [1.82, 2.24) is 5.01 Å². The summed E-state index contributed by atoms with van der Waals surface area (Å²) < 4.78 is 72.3. The van der Waals surface area contributed by atoms with Gasteiger partial charge in [0.2, 0.25) is 0 Å². The van der Waals surface area contributed by atoms with Crippen LogP contribution in [0.15, 0.2) is 29.4 Å². The summed E-state index contributed by atoms with van der Waals surface area (Å²) in [7, 11) is 1.30. The molecule has 0 aliphatic carbocycles. The molecule has 1 amide bonds. The quantitative estimate of drug-likeness (QED) is 0.830.